The van der Waals surface area contributed by atoms with E-state index in [2.05, 4.69) is 26.4 Å². The van der Waals surface area contributed by atoms with Gasteiger partial charge in [0.1, 0.15) is 29.2 Å². The molecule has 10 nitrogen and oxygen atoms in total. The Morgan fingerprint density at radius 3 is 2.37 bits per heavy atom. The highest BCUT2D eigenvalue weighted by Crippen LogP contribution is 2.45. The SMILES string of the molecule is COc1ccc(N2CC(C)n3c(c(CCCOc4cc(C)c(Cl)c(C)c4)c4ccc(Cl)c(-c5c(C)ncnc5C)c43)C2=O)c2[nH]c(C(=O)O)cc12. The van der Waals surface area contributed by atoms with E-state index in [0.717, 1.165) is 60.9 Å². The molecule has 0 spiro atoms. The lowest BCUT2D eigenvalue weighted by atomic mass is 9.97. The molecule has 2 N–H and O–H groups in total. The van der Waals surface area contributed by atoms with Gasteiger partial charge >= 0.3 is 5.97 Å². The van der Waals surface area contributed by atoms with Gasteiger partial charge in [0.05, 0.1) is 35.5 Å². The molecule has 3 aromatic heterocycles. The van der Waals surface area contributed by atoms with E-state index in [0.29, 0.717) is 59.0 Å². The van der Waals surface area contributed by atoms with Crippen molar-refractivity contribution in [1.82, 2.24) is 19.5 Å². The fourth-order valence-electron chi connectivity index (χ4n) is 7.45. The molecule has 262 valence electrons. The van der Waals surface area contributed by atoms with Crippen molar-refractivity contribution in [3.63, 3.8) is 0 Å². The summed E-state index contributed by atoms with van der Waals surface area (Å²) in [6, 6.07) is 12.6. The number of benzene rings is 3. The lowest BCUT2D eigenvalue weighted by Crippen LogP contribution is -2.42. The fraction of sp³-hybridized carbons (Fsp3) is 0.282. The van der Waals surface area contributed by atoms with E-state index >= 15 is 0 Å². The summed E-state index contributed by atoms with van der Waals surface area (Å²) in [5, 5.41) is 12.6. The number of methoxy groups -OCH3 is 1. The van der Waals surface area contributed by atoms with Gasteiger partial charge in [-0.05, 0) is 101 Å². The van der Waals surface area contributed by atoms with Crippen molar-refractivity contribution in [2.75, 3.05) is 25.2 Å². The Labute approximate surface area is 304 Å². The minimum absolute atomic E-state index is 0.00392. The Hall–Kier alpha value is -5.06. The maximum Gasteiger partial charge on any atom is 0.352 e. The summed E-state index contributed by atoms with van der Waals surface area (Å²) >= 11 is 13.4. The van der Waals surface area contributed by atoms with Crippen LogP contribution in [0.2, 0.25) is 10.0 Å². The van der Waals surface area contributed by atoms with Gasteiger partial charge in [0.25, 0.3) is 5.91 Å². The van der Waals surface area contributed by atoms with Crippen molar-refractivity contribution in [2.45, 2.75) is 53.5 Å². The number of anilines is 1. The Morgan fingerprint density at radius 2 is 1.71 bits per heavy atom. The van der Waals surface area contributed by atoms with Crippen LogP contribution in [0.3, 0.4) is 0 Å². The summed E-state index contributed by atoms with van der Waals surface area (Å²) in [6.45, 7) is 10.6. The van der Waals surface area contributed by atoms with Crippen LogP contribution < -0.4 is 14.4 Å². The van der Waals surface area contributed by atoms with Crippen molar-refractivity contribution in [3.05, 3.63) is 98.3 Å². The maximum atomic E-state index is 15.0. The van der Waals surface area contributed by atoms with Crippen LogP contribution in [-0.2, 0) is 6.42 Å². The molecule has 12 heteroatoms. The number of aryl methyl sites for hydroxylation is 5. The molecule has 1 amide bonds. The third-order valence-corrected chi connectivity index (χ3v) is 10.7. The molecule has 0 fully saturated rings. The van der Waals surface area contributed by atoms with E-state index in [4.69, 9.17) is 32.7 Å². The molecule has 6 aromatic rings. The molecule has 3 aromatic carbocycles. The van der Waals surface area contributed by atoms with Crippen LogP contribution in [0.25, 0.3) is 32.9 Å². The predicted molar refractivity (Wildman–Crippen MR) is 200 cm³/mol. The quantitative estimate of drug-likeness (QED) is 0.143. The van der Waals surface area contributed by atoms with Gasteiger partial charge in [0.15, 0.2) is 0 Å². The van der Waals surface area contributed by atoms with Crippen molar-refractivity contribution in [1.29, 1.82) is 0 Å². The first-order chi connectivity index (χ1) is 24.4. The van der Waals surface area contributed by atoms with Crippen molar-refractivity contribution in [2.24, 2.45) is 0 Å². The van der Waals surface area contributed by atoms with Crippen LogP contribution in [0.1, 0.15) is 68.4 Å². The van der Waals surface area contributed by atoms with Crippen LogP contribution >= 0.6 is 23.2 Å². The first-order valence-corrected chi connectivity index (χ1v) is 17.4. The third-order valence-electron chi connectivity index (χ3n) is 9.75. The molecule has 0 aliphatic carbocycles. The number of aromatic amines is 1. The van der Waals surface area contributed by atoms with Crippen LogP contribution in [0, 0.1) is 27.7 Å². The number of carboxylic acid groups (broad SMARTS) is 1. The number of rotatable bonds is 9. The van der Waals surface area contributed by atoms with Gasteiger partial charge in [-0.25, -0.2) is 14.8 Å². The Balaban J connectivity index is 1.38. The number of carbonyl (C=O) groups is 2. The molecule has 7 rings (SSSR count). The molecule has 0 bridgehead atoms. The fourth-order valence-corrected chi connectivity index (χ4v) is 7.81. The number of hydrogen-bond acceptors (Lipinski definition) is 6. The van der Waals surface area contributed by atoms with Crippen LogP contribution in [-0.4, -0.2) is 56.8 Å². The number of carboxylic acids is 1. The van der Waals surface area contributed by atoms with Gasteiger partial charge in [-0.15, -0.1) is 0 Å². The summed E-state index contributed by atoms with van der Waals surface area (Å²) < 4.78 is 13.9. The highest BCUT2D eigenvalue weighted by atomic mass is 35.5. The summed E-state index contributed by atoms with van der Waals surface area (Å²) in [5.41, 5.74) is 8.46. The van der Waals surface area contributed by atoms with Crippen LogP contribution in [0.4, 0.5) is 5.69 Å². The minimum Gasteiger partial charge on any atom is -0.496 e. The van der Waals surface area contributed by atoms with Crippen molar-refractivity contribution < 1.29 is 24.2 Å². The number of nitrogens with one attached hydrogen (secondary N) is 1. The van der Waals surface area contributed by atoms with Crippen LogP contribution in [0.5, 0.6) is 11.5 Å². The number of hydrogen-bond donors (Lipinski definition) is 2. The highest BCUT2D eigenvalue weighted by molar-refractivity contribution is 6.35. The van der Waals surface area contributed by atoms with Gasteiger partial charge in [0, 0.05) is 50.9 Å². The van der Waals surface area contributed by atoms with Crippen molar-refractivity contribution in [3.8, 4) is 22.6 Å². The molecule has 0 saturated heterocycles. The number of amides is 1. The van der Waals surface area contributed by atoms with Gasteiger partial charge in [-0.1, -0.05) is 29.3 Å². The van der Waals surface area contributed by atoms with E-state index in [1.807, 2.05) is 52.0 Å². The Morgan fingerprint density at radius 1 is 1.00 bits per heavy atom. The summed E-state index contributed by atoms with van der Waals surface area (Å²) in [5.74, 6) is -0.0627. The summed E-state index contributed by atoms with van der Waals surface area (Å²) in [6.07, 6.45) is 2.72. The van der Waals surface area contributed by atoms with E-state index in [1.54, 1.807) is 23.4 Å². The number of nitrogens with zero attached hydrogens (tertiary/aromatic N) is 4. The number of halogens is 2. The highest BCUT2D eigenvalue weighted by Gasteiger charge is 2.37. The number of fused-ring (bicyclic) bond motifs is 4. The van der Waals surface area contributed by atoms with E-state index in [1.165, 1.54) is 13.2 Å². The molecule has 1 aliphatic rings. The molecule has 1 atom stereocenters. The number of carbonyl (C=O) groups excluding carboxylic acids is 1. The Kier molecular flexibility index (Phi) is 8.93. The molecule has 4 heterocycles. The van der Waals surface area contributed by atoms with Gasteiger partial charge in [-0.2, -0.15) is 0 Å². The zero-order valence-electron chi connectivity index (χ0n) is 29.1. The number of aromatic carboxylic acids is 1. The minimum atomic E-state index is -1.11. The third kappa shape index (κ3) is 5.76. The molecule has 0 saturated carbocycles. The first-order valence-electron chi connectivity index (χ1n) is 16.7. The second-order valence-electron chi connectivity index (χ2n) is 13.1. The van der Waals surface area contributed by atoms with Gasteiger partial charge < -0.3 is 29.0 Å². The van der Waals surface area contributed by atoms with Gasteiger partial charge in [-0.3, -0.25) is 4.79 Å². The average Bonchev–Trinajstić information content (AvgIpc) is 3.69. The largest absolute Gasteiger partial charge is 0.496 e. The molecule has 51 heavy (non-hydrogen) atoms. The molecule has 1 unspecified atom stereocenters. The molecular formula is C39H37Cl2N5O5. The monoisotopic (exact) mass is 725 g/mol. The number of aromatic nitrogens is 4. The smallest absolute Gasteiger partial charge is 0.352 e. The molecule has 1 aliphatic heterocycles. The second-order valence-corrected chi connectivity index (χ2v) is 13.9. The van der Waals surface area contributed by atoms with Gasteiger partial charge in [0.2, 0.25) is 0 Å². The Bertz CT molecular complexity index is 2350. The average molecular weight is 727 g/mol. The number of H-pyrrole nitrogens is 1. The second kappa shape index (κ2) is 13.2. The molecular weight excluding hydrogens is 689 g/mol. The zero-order valence-corrected chi connectivity index (χ0v) is 30.7. The maximum absolute atomic E-state index is 15.0. The normalized spacial score (nSPS) is 14.4. The lowest BCUT2D eigenvalue weighted by Gasteiger charge is -2.34. The number of ether oxygens (including phenoxy) is 2. The first kappa shape index (κ1) is 34.4. The van der Waals surface area contributed by atoms with E-state index in [9.17, 15) is 14.7 Å². The molecule has 0 radical (unpaired) electrons. The van der Waals surface area contributed by atoms with E-state index in [-0.39, 0.29) is 17.6 Å². The zero-order chi connectivity index (χ0) is 36.3. The predicted octanol–water partition coefficient (Wildman–Crippen LogP) is 9.06. The standard InChI is InChI=1S/C39H37Cl2N5O5/c1-19-14-24(15-20(2)34(19)41)51-13-7-8-25-26-9-10-28(40)33(32-22(4)42-18-43-23(32)5)36(26)46-21(3)17-45(38(47)37(25)46)30-11-12-31(50-6)27-16-29(39(48)49)44-35(27)30/h9-12,14-16,18,21,44H,7-8,13,17H2,1-6H3,(H,48,49). The van der Waals surface area contributed by atoms with Crippen molar-refractivity contribution >= 4 is 62.6 Å². The van der Waals surface area contributed by atoms with Crippen LogP contribution in [0.15, 0.2) is 48.8 Å². The summed E-state index contributed by atoms with van der Waals surface area (Å²) in [4.78, 5) is 40.7. The van der Waals surface area contributed by atoms with E-state index < -0.39 is 5.97 Å². The lowest BCUT2D eigenvalue weighted by molar-refractivity contribution is 0.0691. The summed E-state index contributed by atoms with van der Waals surface area (Å²) in [7, 11) is 1.53. The topological polar surface area (TPSA) is 123 Å².